The van der Waals surface area contributed by atoms with Crippen molar-refractivity contribution in [1.29, 1.82) is 0 Å². The van der Waals surface area contributed by atoms with E-state index in [-0.39, 0.29) is 5.97 Å². The molecule has 1 saturated heterocycles. The minimum absolute atomic E-state index is 0.322. The Balaban J connectivity index is 1.87. The van der Waals surface area contributed by atoms with Crippen molar-refractivity contribution < 1.29 is 9.53 Å². The average Bonchev–Trinajstić information content (AvgIpc) is 2.82. The van der Waals surface area contributed by atoms with Crippen LogP contribution in [-0.4, -0.2) is 37.1 Å². The lowest BCUT2D eigenvalue weighted by atomic mass is 10.1. The molecule has 1 fully saturated rings. The molecule has 1 aromatic rings. The van der Waals surface area contributed by atoms with Gasteiger partial charge in [-0.3, -0.25) is 4.90 Å². The lowest BCUT2D eigenvalue weighted by molar-refractivity contribution is 0.0471. The minimum atomic E-state index is -0.322. The molecule has 0 radical (unpaired) electrons. The summed E-state index contributed by atoms with van der Waals surface area (Å²) in [6.07, 6.45) is 2.50. The van der Waals surface area contributed by atoms with Crippen molar-refractivity contribution in [3.05, 3.63) is 34.3 Å². The van der Waals surface area contributed by atoms with Gasteiger partial charge in [0.15, 0.2) is 0 Å². The van der Waals surface area contributed by atoms with Crippen LogP contribution >= 0.6 is 11.6 Å². The molecular formula is C14H18ClNO2. The molecule has 18 heavy (non-hydrogen) atoms. The average molecular weight is 268 g/mol. The number of hydrogen-bond donors (Lipinski definition) is 0. The first kappa shape index (κ1) is 13.4. The van der Waals surface area contributed by atoms with Crippen LogP contribution in [0.1, 0.15) is 28.8 Å². The van der Waals surface area contributed by atoms with Gasteiger partial charge in [-0.15, -0.1) is 0 Å². The molecule has 1 heterocycles. The molecule has 0 N–H and O–H groups in total. The van der Waals surface area contributed by atoms with Gasteiger partial charge in [-0.2, -0.15) is 0 Å². The van der Waals surface area contributed by atoms with Crippen molar-refractivity contribution in [3.8, 4) is 0 Å². The fourth-order valence-corrected chi connectivity index (χ4v) is 2.54. The van der Waals surface area contributed by atoms with Gasteiger partial charge in [0.25, 0.3) is 0 Å². The second kappa shape index (κ2) is 6.21. The molecule has 1 aliphatic rings. The largest absolute Gasteiger partial charge is 0.461 e. The molecule has 0 atom stereocenters. The van der Waals surface area contributed by atoms with Crippen LogP contribution in [0.5, 0.6) is 0 Å². The molecular weight excluding hydrogens is 250 g/mol. The number of carbonyl (C=O) groups is 1. The van der Waals surface area contributed by atoms with Gasteiger partial charge in [0.1, 0.15) is 6.61 Å². The number of rotatable bonds is 4. The van der Waals surface area contributed by atoms with E-state index in [9.17, 15) is 4.79 Å². The first-order valence-corrected chi connectivity index (χ1v) is 6.71. The van der Waals surface area contributed by atoms with E-state index < -0.39 is 0 Å². The van der Waals surface area contributed by atoms with Crippen LogP contribution in [0.3, 0.4) is 0 Å². The lowest BCUT2D eigenvalue weighted by Gasteiger charge is -2.15. The molecule has 0 aliphatic carbocycles. The zero-order valence-electron chi connectivity index (χ0n) is 10.6. The summed E-state index contributed by atoms with van der Waals surface area (Å²) in [4.78, 5) is 14.2. The van der Waals surface area contributed by atoms with Crippen LogP contribution in [0.4, 0.5) is 0 Å². The SMILES string of the molecule is Cc1cccc(Cl)c1C(=O)OCCN1CCCC1. The molecule has 0 bridgehead atoms. The Labute approximate surface area is 113 Å². The Bertz CT molecular complexity index is 408. The Hall–Kier alpha value is -1.06. The van der Waals surface area contributed by atoms with Gasteiger partial charge in [0.05, 0.1) is 10.6 Å². The number of aryl methyl sites for hydroxylation is 1. The van der Waals surface area contributed by atoms with E-state index in [1.807, 2.05) is 19.1 Å². The molecule has 0 aromatic heterocycles. The highest BCUT2D eigenvalue weighted by Gasteiger charge is 2.16. The zero-order valence-corrected chi connectivity index (χ0v) is 11.4. The third-order valence-corrected chi connectivity index (χ3v) is 3.58. The van der Waals surface area contributed by atoms with E-state index in [1.165, 1.54) is 12.8 Å². The topological polar surface area (TPSA) is 29.5 Å². The van der Waals surface area contributed by atoms with Gasteiger partial charge in [0.2, 0.25) is 0 Å². The van der Waals surface area contributed by atoms with Crippen LogP contribution in [0.25, 0.3) is 0 Å². The van der Waals surface area contributed by atoms with Crippen LogP contribution in [0.2, 0.25) is 5.02 Å². The second-order valence-electron chi connectivity index (χ2n) is 4.62. The smallest absolute Gasteiger partial charge is 0.339 e. The van der Waals surface area contributed by atoms with Gasteiger partial charge in [-0.1, -0.05) is 23.7 Å². The minimum Gasteiger partial charge on any atom is -0.461 e. The summed E-state index contributed by atoms with van der Waals surface area (Å²) in [5.74, 6) is -0.322. The van der Waals surface area contributed by atoms with Gasteiger partial charge in [-0.05, 0) is 44.5 Å². The number of ether oxygens (including phenoxy) is 1. The van der Waals surface area contributed by atoms with Crippen molar-refractivity contribution in [2.45, 2.75) is 19.8 Å². The van der Waals surface area contributed by atoms with E-state index >= 15 is 0 Å². The predicted molar refractivity (Wildman–Crippen MR) is 72.1 cm³/mol. The van der Waals surface area contributed by atoms with Crippen molar-refractivity contribution in [2.24, 2.45) is 0 Å². The maximum absolute atomic E-state index is 11.9. The highest BCUT2D eigenvalue weighted by Crippen LogP contribution is 2.20. The summed E-state index contributed by atoms with van der Waals surface area (Å²) in [5.41, 5.74) is 1.34. The van der Waals surface area contributed by atoms with E-state index in [2.05, 4.69) is 4.90 Å². The number of likely N-dealkylation sites (tertiary alicyclic amines) is 1. The van der Waals surface area contributed by atoms with Crippen LogP contribution in [0, 0.1) is 6.92 Å². The summed E-state index contributed by atoms with van der Waals surface area (Å²) in [7, 11) is 0. The van der Waals surface area contributed by atoms with Gasteiger partial charge in [-0.25, -0.2) is 4.79 Å². The maximum atomic E-state index is 11.9. The summed E-state index contributed by atoms with van der Waals surface area (Å²) < 4.78 is 5.29. The van der Waals surface area contributed by atoms with Crippen molar-refractivity contribution in [3.63, 3.8) is 0 Å². The Kier molecular flexibility index (Phi) is 4.61. The molecule has 0 spiro atoms. The number of benzene rings is 1. The molecule has 3 nitrogen and oxygen atoms in total. The van der Waals surface area contributed by atoms with Gasteiger partial charge >= 0.3 is 5.97 Å². The Morgan fingerprint density at radius 2 is 2.11 bits per heavy atom. The normalized spacial score (nSPS) is 15.9. The third-order valence-electron chi connectivity index (χ3n) is 3.27. The van der Waals surface area contributed by atoms with Crippen molar-refractivity contribution >= 4 is 17.6 Å². The van der Waals surface area contributed by atoms with Crippen LogP contribution < -0.4 is 0 Å². The van der Waals surface area contributed by atoms with E-state index in [0.717, 1.165) is 25.2 Å². The number of esters is 1. The summed E-state index contributed by atoms with van der Waals surface area (Å²) in [6.45, 7) is 5.34. The number of nitrogens with zero attached hydrogens (tertiary/aromatic N) is 1. The molecule has 0 amide bonds. The fourth-order valence-electron chi connectivity index (χ4n) is 2.24. The molecule has 2 rings (SSSR count). The van der Waals surface area contributed by atoms with Crippen molar-refractivity contribution in [1.82, 2.24) is 4.90 Å². The quantitative estimate of drug-likeness (QED) is 0.786. The maximum Gasteiger partial charge on any atom is 0.339 e. The van der Waals surface area contributed by atoms with E-state index in [0.29, 0.717) is 17.2 Å². The summed E-state index contributed by atoms with van der Waals surface area (Å²) in [5, 5.41) is 0.459. The number of carbonyl (C=O) groups excluding carboxylic acids is 1. The molecule has 1 aliphatic heterocycles. The Morgan fingerprint density at radius 3 is 2.78 bits per heavy atom. The molecule has 1 aromatic carbocycles. The van der Waals surface area contributed by atoms with Crippen LogP contribution in [0.15, 0.2) is 18.2 Å². The highest BCUT2D eigenvalue weighted by molar-refractivity contribution is 6.33. The Morgan fingerprint density at radius 1 is 1.39 bits per heavy atom. The molecule has 4 heteroatoms. The highest BCUT2D eigenvalue weighted by atomic mass is 35.5. The summed E-state index contributed by atoms with van der Waals surface area (Å²) in [6, 6.07) is 5.41. The van der Waals surface area contributed by atoms with Gasteiger partial charge < -0.3 is 4.74 Å². The van der Waals surface area contributed by atoms with Crippen LogP contribution in [-0.2, 0) is 4.74 Å². The molecule has 0 unspecified atom stereocenters. The van der Waals surface area contributed by atoms with Crippen molar-refractivity contribution in [2.75, 3.05) is 26.2 Å². The van der Waals surface area contributed by atoms with E-state index in [4.69, 9.17) is 16.3 Å². The lowest BCUT2D eigenvalue weighted by Crippen LogP contribution is -2.25. The number of hydrogen-bond acceptors (Lipinski definition) is 3. The monoisotopic (exact) mass is 267 g/mol. The molecule has 0 saturated carbocycles. The first-order chi connectivity index (χ1) is 8.68. The first-order valence-electron chi connectivity index (χ1n) is 6.33. The standard InChI is InChI=1S/C14H18ClNO2/c1-11-5-4-6-12(15)13(11)14(17)18-10-9-16-7-2-3-8-16/h4-6H,2-3,7-10H2,1H3. The predicted octanol–water partition coefficient (Wildman–Crippen LogP) is 2.90. The fraction of sp³-hybridized carbons (Fsp3) is 0.500. The zero-order chi connectivity index (χ0) is 13.0. The van der Waals surface area contributed by atoms with Gasteiger partial charge in [0, 0.05) is 6.54 Å². The van der Waals surface area contributed by atoms with E-state index in [1.54, 1.807) is 6.07 Å². The third kappa shape index (κ3) is 3.24. The summed E-state index contributed by atoms with van der Waals surface area (Å²) >= 11 is 6.02. The number of halogens is 1. The molecule has 98 valence electrons. The second-order valence-corrected chi connectivity index (χ2v) is 5.02.